The molecule has 2 aromatic rings. The van der Waals surface area contributed by atoms with Crippen molar-refractivity contribution in [1.29, 1.82) is 0 Å². The number of carbonyl (C=O) groups is 2. The molecule has 0 bridgehead atoms. The van der Waals surface area contributed by atoms with Gasteiger partial charge in [-0.3, -0.25) is 9.59 Å². The number of aryl methyl sites for hydroxylation is 1. The van der Waals surface area contributed by atoms with E-state index in [1.807, 2.05) is 58.0 Å². The molecule has 0 atom stereocenters. The molecule has 1 N–H and O–H groups in total. The van der Waals surface area contributed by atoms with Crippen molar-refractivity contribution in [3.8, 4) is 11.5 Å². The van der Waals surface area contributed by atoms with Crippen LogP contribution in [0.25, 0.3) is 11.5 Å². The standard InChI is InChI=1S/C19H26N4O3/c1-5-23(13-15(24)20-19(2,3)4)17(25)12-11-16-21-22-18(26-16)14-9-7-6-8-10-14/h6-10H,5,11-13H2,1-4H3,(H,20,24). The van der Waals surface area contributed by atoms with Crippen molar-refractivity contribution in [3.63, 3.8) is 0 Å². The molecule has 0 saturated heterocycles. The molecule has 140 valence electrons. The lowest BCUT2D eigenvalue weighted by molar-refractivity contribution is -0.136. The molecule has 7 heteroatoms. The molecule has 0 radical (unpaired) electrons. The fraction of sp³-hybridized carbons (Fsp3) is 0.474. The van der Waals surface area contributed by atoms with Crippen molar-refractivity contribution in [2.45, 2.75) is 46.1 Å². The summed E-state index contributed by atoms with van der Waals surface area (Å²) < 4.78 is 5.61. The van der Waals surface area contributed by atoms with Crippen LogP contribution in [-0.4, -0.2) is 45.5 Å². The summed E-state index contributed by atoms with van der Waals surface area (Å²) in [7, 11) is 0. The molecule has 2 rings (SSSR count). The smallest absolute Gasteiger partial charge is 0.247 e. The predicted octanol–water partition coefficient (Wildman–Crippen LogP) is 2.43. The van der Waals surface area contributed by atoms with Crippen LogP contribution in [0.2, 0.25) is 0 Å². The van der Waals surface area contributed by atoms with Gasteiger partial charge in [0.05, 0.1) is 6.54 Å². The zero-order valence-electron chi connectivity index (χ0n) is 15.8. The first-order valence-corrected chi connectivity index (χ1v) is 8.75. The van der Waals surface area contributed by atoms with E-state index < -0.39 is 0 Å². The van der Waals surface area contributed by atoms with E-state index >= 15 is 0 Å². The highest BCUT2D eigenvalue weighted by Crippen LogP contribution is 2.17. The number of carbonyl (C=O) groups excluding carboxylic acids is 2. The highest BCUT2D eigenvalue weighted by molar-refractivity contribution is 5.85. The first kappa shape index (κ1) is 19.6. The van der Waals surface area contributed by atoms with Crippen LogP contribution >= 0.6 is 0 Å². The minimum atomic E-state index is -0.322. The lowest BCUT2D eigenvalue weighted by atomic mass is 10.1. The van der Waals surface area contributed by atoms with Crippen molar-refractivity contribution in [2.75, 3.05) is 13.1 Å². The Balaban J connectivity index is 1.89. The second kappa shape index (κ2) is 8.60. The molecule has 1 aromatic carbocycles. The molecule has 1 aromatic heterocycles. The van der Waals surface area contributed by atoms with E-state index in [1.165, 1.54) is 4.90 Å². The highest BCUT2D eigenvalue weighted by Gasteiger charge is 2.20. The predicted molar refractivity (Wildman–Crippen MR) is 98.2 cm³/mol. The monoisotopic (exact) mass is 358 g/mol. The Hall–Kier alpha value is -2.70. The van der Waals surface area contributed by atoms with Crippen LogP contribution in [0.3, 0.4) is 0 Å². The van der Waals surface area contributed by atoms with Gasteiger partial charge in [-0.15, -0.1) is 10.2 Å². The number of hydrogen-bond acceptors (Lipinski definition) is 5. The Bertz CT molecular complexity index is 735. The molecule has 2 amide bonds. The van der Waals surface area contributed by atoms with Crippen molar-refractivity contribution >= 4 is 11.8 Å². The highest BCUT2D eigenvalue weighted by atomic mass is 16.4. The molecule has 0 aliphatic heterocycles. The summed E-state index contributed by atoms with van der Waals surface area (Å²) in [5.74, 6) is 0.560. The molecule has 0 fully saturated rings. The zero-order chi connectivity index (χ0) is 19.2. The first-order valence-electron chi connectivity index (χ1n) is 8.75. The van der Waals surface area contributed by atoms with E-state index in [2.05, 4.69) is 15.5 Å². The van der Waals surface area contributed by atoms with Gasteiger partial charge in [-0.1, -0.05) is 18.2 Å². The summed E-state index contributed by atoms with van der Waals surface area (Å²) >= 11 is 0. The van der Waals surface area contributed by atoms with Gasteiger partial charge >= 0.3 is 0 Å². The Morgan fingerprint density at radius 3 is 2.46 bits per heavy atom. The maximum absolute atomic E-state index is 12.4. The molecule has 0 saturated carbocycles. The molecule has 0 aliphatic rings. The number of amides is 2. The third-order valence-corrected chi connectivity index (χ3v) is 3.62. The normalized spacial score (nSPS) is 11.2. The summed E-state index contributed by atoms with van der Waals surface area (Å²) in [5, 5.41) is 10.9. The van der Waals surface area contributed by atoms with Gasteiger partial charge in [-0.2, -0.15) is 0 Å². The topological polar surface area (TPSA) is 88.3 Å². The summed E-state index contributed by atoms with van der Waals surface area (Å²) in [5.41, 5.74) is 0.517. The van der Waals surface area contributed by atoms with Crippen LogP contribution in [0, 0.1) is 0 Å². The number of rotatable bonds is 7. The average Bonchev–Trinajstić information content (AvgIpc) is 3.06. The van der Waals surface area contributed by atoms with Crippen molar-refractivity contribution in [3.05, 3.63) is 36.2 Å². The second-order valence-corrected chi connectivity index (χ2v) is 7.07. The van der Waals surface area contributed by atoms with E-state index in [4.69, 9.17) is 4.42 Å². The minimum Gasteiger partial charge on any atom is -0.421 e. The summed E-state index contributed by atoms with van der Waals surface area (Å²) in [6.07, 6.45) is 0.559. The van der Waals surface area contributed by atoms with Gasteiger partial charge in [0.15, 0.2) is 0 Å². The van der Waals surface area contributed by atoms with E-state index in [0.29, 0.717) is 24.7 Å². The van der Waals surface area contributed by atoms with E-state index in [1.54, 1.807) is 0 Å². The van der Waals surface area contributed by atoms with Gasteiger partial charge in [0, 0.05) is 30.5 Å². The number of nitrogens with one attached hydrogen (secondary N) is 1. The van der Waals surface area contributed by atoms with Crippen LogP contribution < -0.4 is 5.32 Å². The quantitative estimate of drug-likeness (QED) is 0.821. The molecular weight excluding hydrogens is 332 g/mol. The number of likely N-dealkylation sites (N-methyl/N-ethyl adjacent to an activating group) is 1. The third kappa shape index (κ3) is 5.98. The van der Waals surface area contributed by atoms with Crippen LogP contribution in [0.5, 0.6) is 0 Å². The van der Waals surface area contributed by atoms with Crippen LogP contribution in [0.4, 0.5) is 0 Å². The van der Waals surface area contributed by atoms with Crippen molar-refractivity contribution < 1.29 is 14.0 Å². The number of hydrogen-bond donors (Lipinski definition) is 1. The molecule has 0 aliphatic carbocycles. The van der Waals surface area contributed by atoms with Crippen molar-refractivity contribution in [2.24, 2.45) is 0 Å². The molecule has 0 spiro atoms. The Labute approximate surface area is 153 Å². The Kier molecular flexibility index (Phi) is 6.49. The van der Waals surface area contributed by atoms with Gasteiger partial charge < -0.3 is 14.6 Å². The van der Waals surface area contributed by atoms with E-state index in [-0.39, 0.29) is 30.3 Å². The van der Waals surface area contributed by atoms with Crippen LogP contribution in [0.15, 0.2) is 34.7 Å². The summed E-state index contributed by atoms with van der Waals surface area (Å²) in [6.45, 7) is 8.08. The fourth-order valence-corrected chi connectivity index (χ4v) is 2.43. The molecular formula is C19H26N4O3. The van der Waals surface area contributed by atoms with Gasteiger partial charge in [0.2, 0.25) is 23.6 Å². The zero-order valence-corrected chi connectivity index (χ0v) is 15.8. The fourth-order valence-electron chi connectivity index (χ4n) is 2.43. The number of nitrogens with zero attached hydrogens (tertiary/aromatic N) is 3. The molecule has 0 unspecified atom stereocenters. The number of aromatic nitrogens is 2. The number of benzene rings is 1. The van der Waals surface area contributed by atoms with Gasteiger partial charge in [0.1, 0.15) is 0 Å². The summed E-state index contributed by atoms with van der Waals surface area (Å²) in [4.78, 5) is 25.9. The third-order valence-electron chi connectivity index (χ3n) is 3.62. The Morgan fingerprint density at radius 1 is 1.15 bits per heavy atom. The van der Waals surface area contributed by atoms with Gasteiger partial charge in [-0.05, 0) is 39.8 Å². The lowest BCUT2D eigenvalue weighted by Crippen LogP contribution is -2.47. The minimum absolute atomic E-state index is 0.0473. The van der Waals surface area contributed by atoms with Gasteiger partial charge in [0.25, 0.3) is 0 Å². The Morgan fingerprint density at radius 2 is 1.85 bits per heavy atom. The largest absolute Gasteiger partial charge is 0.421 e. The molecule has 1 heterocycles. The van der Waals surface area contributed by atoms with Crippen LogP contribution in [0.1, 0.15) is 40.0 Å². The SMILES string of the molecule is CCN(CC(=O)NC(C)(C)C)C(=O)CCc1nnc(-c2ccccc2)o1. The molecule has 7 nitrogen and oxygen atoms in total. The molecule has 26 heavy (non-hydrogen) atoms. The van der Waals surface area contributed by atoms with E-state index in [0.717, 1.165) is 5.56 Å². The summed E-state index contributed by atoms with van der Waals surface area (Å²) in [6, 6.07) is 9.47. The second-order valence-electron chi connectivity index (χ2n) is 7.07. The van der Waals surface area contributed by atoms with E-state index in [9.17, 15) is 9.59 Å². The van der Waals surface area contributed by atoms with Crippen LogP contribution in [-0.2, 0) is 16.0 Å². The van der Waals surface area contributed by atoms with Gasteiger partial charge in [-0.25, -0.2) is 0 Å². The average molecular weight is 358 g/mol. The maximum Gasteiger partial charge on any atom is 0.247 e. The lowest BCUT2D eigenvalue weighted by Gasteiger charge is -2.25. The first-order chi connectivity index (χ1) is 12.3. The van der Waals surface area contributed by atoms with Crippen molar-refractivity contribution in [1.82, 2.24) is 20.4 Å². The maximum atomic E-state index is 12.4.